The van der Waals surface area contributed by atoms with Crippen molar-refractivity contribution in [1.29, 1.82) is 0 Å². The fourth-order valence-electron chi connectivity index (χ4n) is 2.49. The van der Waals surface area contributed by atoms with E-state index in [1.807, 2.05) is 10.6 Å². The lowest BCUT2D eigenvalue weighted by Gasteiger charge is -2.25. The summed E-state index contributed by atoms with van der Waals surface area (Å²) in [6.45, 7) is 0.193. The zero-order valence-electron chi connectivity index (χ0n) is 17.0. The van der Waals surface area contributed by atoms with Crippen molar-refractivity contribution >= 4 is 29.7 Å². The Kier molecular flexibility index (Phi) is 10.2. The minimum atomic E-state index is -1.76. The fraction of sp³-hybridized carbons (Fsp3) is 0.529. The summed E-state index contributed by atoms with van der Waals surface area (Å²) in [5.74, 6) is -6.21. The molecule has 5 atom stereocenters. The second-order valence-electron chi connectivity index (χ2n) is 6.86. The van der Waals surface area contributed by atoms with Crippen LogP contribution in [0.3, 0.4) is 0 Å². The molecule has 0 spiro atoms. The van der Waals surface area contributed by atoms with Gasteiger partial charge >= 0.3 is 11.9 Å². The summed E-state index contributed by atoms with van der Waals surface area (Å²) in [5, 5.41) is 42.9. The van der Waals surface area contributed by atoms with Crippen molar-refractivity contribution < 1.29 is 44.4 Å². The number of nitrogens with two attached hydrogens (primary N) is 1. The first-order chi connectivity index (χ1) is 15.0. The summed E-state index contributed by atoms with van der Waals surface area (Å²) >= 11 is 0. The van der Waals surface area contributed by atoms with Crippen LogP contribution in [-0.4, -0.2) is 96.9 Å². The van der Waals surface area contributed by atoms with Gasteiger partial charge in [0.15, 0.2) is 0 Å². The first-order valence-electron chi connectivity index (χ1n) is 9.33. The number of nitrogens with zero attached hydrogens (tertiary/aromatic N) is 1. The van der Waals surface area contributed by atoms with Crippen LogP contribution in [-0.2, 0) is 30.4 Å². The second-order valence-corrected chi connectivity index (χ2v) is 6.86. The predicted molar refractivity (Wildman–Crippen MR) is 105 cm³/mol. The maximum atomic E-state index is 12.6. The molecule has 3 amide bonds. The molecule has 0 saturated carbocycles. The highest BCUT2D eigenvalue weighted by Gasteiger charge is 2.33. The number of carbonyl (C=O) groups excluding carboxylic acids is 3. The summed E-state index contributed by atoms with van der Waals surface area (Å²) in [6, 6.07) is -6.22. The number of imidazole rings is 1. The van der Waals surface area contributed by atoms with Gasteiger partial charge in [-0.15, -0.1) is 0 Å². The van der Waals surface area contributed by atoms with E-state index < -0.39 is 73.0 Å². The number of carboxylic acid groups (broad SMARTS) is 2. The number of aliphatic hydroxyl groups is 2. The molecule has 178 valence electrons. The minimum Gasteiger partial charge on any atom is -0.481 e. The first-order valence-corrected chi connectivity index (χ1v) is 9.33. The molecule has 1 rings (SSSR count). The highest BCUT2D eigenvalue weighted by molar-refractivity contribution is 5.95. The molecule has 0 aliphatic carbocycles. The van der Waals surface area contributed by atoms with E-state index in [0.29, 0.717) is 5.69 Å². The third-order valence-corrected chi connectivity index (χ3v) is 4.20. The number of aromatic amines is 1. The van der Waals surface area contributed by atoms with Crippen molar-refractivity contribution in [2.75, 3.05) is 6.61 Å². The molecule has 1 aromatic rings. The molecule has 1 aromatic heterocycles. The molecular formula is C17H26N6O9. The van der Waals surface area contributed by atoms with Crippen LogP contribution in [0.2, 0.25) is 0 Å². The lowest BCUT2D eigenvalue weighted by atomic mass is 10.1. The lowest BCUT2D eigenvalue weighted by molar-refractivity contribution is -0.144. The number of aliphatic hydroxyl groups excluding tert-OH is 2. The van der Waals surface area contributed by atoms with Gasteiger partial charge in [0.2, 0.25) is 17.7 Å². The van der Waals surface area contributed by atoms with Crippen LogP contribution in [0.1, 0.15) is 19.0 Å². The van der Waals surface area contributed by atoms with E-state index in [4.69, 9.17) is 21.1 Å². The highest BCUT2D eigenvalue weighted by atomic mass is 16.4. The quantitative estimate of drug-likeness (QED) is 0.136. The van der Waals surface area contributed by atoms with Crippen molar-refractivity contribution in [2.24, 2.45) is 5.73 Å². The molecule has 0 fully saturated rings. The van der Waals surface area contributed by atoms with Crippen LogP contribution in [0.5, 0.6) is 0 Å². The standard InChI is InChI=1S/C17H26N6O9/c1-7(25)13(23-14(28)9(18)2-8-4-19-6-20-8)16(30)21-10(3-12(26)27)15(29)22-11(5-24)17(31)32/h4,6-7,9-11,13,24-25H,2-3,5,18H2,1H3,(H,19,20)(H,21,30)(H,22,29)(H,23,28)(H,26,27)(H,31,32). The molecule has 1 heterocycles. The van der Waals surface area contributed by atoms with Gasteiger partial charge in [-0.3, -0.25) is 19.2 Å². The summed E-state index contributed by atoms with van der Waals surface area (Å²) in [4.78, 5) is 65.7. The zero-order valence-corrected chi connectivity index (χ0v) is 17.0. The Morgan fingerprint density at radius 3 is 2.16 bits per heavy atom. The largest absolute Gasteiger partial charge is 0.481 e. The van der Waals surface area contributed by atoms with Crippen LogP contribution in [0.25, 0.3) is 0 Å². The number of amides is 3. The fourth-order valence-corrected chi connectivity index (χ4v) is 2.49. The Balaban J connectivity index is 2.88. The number of carboxylic acids is 2. The third kappa shape index (κ3) is 8.29. The number of nitrogens with one attached hydrogen (secondary N) is 4. The molecule has 15 nitrogen and oxygen atoms in total. The van der Waals surface area contributed by atoms with Crippen LogP contribution < -0.4 is 21.7 Å². The molecule has 10 N–H and O–H groups in total. The molecule has 15 heteroatoms. The Bertz CT molecular complexity index is 813. The average Bonchev–Trinajstić information content (AvgIpc) is 3.21. The molecule has 0 radical (unpaired) electrons. The maximum Gasteiger partial charge on any atom is 0.328 e. The summed E-state index contributed by atoms with van der Waals surface area (Å²) in [5.41, 5.74) is 6.32. The Hall–Kier alpha value is -3.56. The van der Waals surface area contributed by atoms with Gasteiger partial charge in [0.25, 0.3) is 0 Å². The van der Waals surface area contributed by atoms with Gasteiger partial charge in [0.05, 0.1) is 31.5 Å². The predicted octanol–water partition coefficient (Wildman–Crippen LogP) is -4.33. The first kappa shape index (κ1) is 26.5. The Morgan fingerprint density at radius 1 is 1.06 bits per heavy atom. The van der Waals surface area contributed by atoms with E-state index in [0.717, 1.165) is 0 Å². The zero-order chi connectivity index (χ0) is 24.4. The Labute approximate surface area is 181 Å². The number of H-pyrrole nitrogens is 1. The van der Waals surface area contributed by atoms with Crippen LogP contribution in [0.4, 0.5) is 0 Å². The molecule has 5 unspecified atom stereocenters. The number of aliphatic carboxylic acids is 2. The number of hydrogen-bond acceptors (Lipinski definition) is 9. The van der Waals surface area contributed by atoms with E-state index in [1.54, 1.807) is 0 Å². The lowest BCUT2D eigenvalue weighted by Crippen LogP contribution is -2.60. The summed E-state index contributed by atoms with van der Waals surface area (Å²) in [7, 11) is 0. The monoisotopic (exact) mass is 458 g/mol. The summed E-state index contributed by atoms with van der Waals surface area (Å²) < 4.78 is 0. The maximum absolute atomic E-state index is 12.6. The molecule has 0 aromatic carbocycles. The smallest absolute Gasteiger partial charge is 0.328 e. The van der Waals surface area contributed by atoms with Gasteiger partial charge in [-0.25, -0.2) is 9.78 Å². The van der Waals surface area contributed by atoms with E-state index in [2.05, 4.69) is 15.3 Å². The van der Waals surface area contributed by atoms with E-state index in [1.165, 1.54) is 19.4 Å². The van der Waals surface area contributed by atoms with Gasteiger partial charge in [0.1, 0.15) is 18.1 Å². The third-order valence-electron chi connectivity index (χ3n) is 4.20. The molecule has 0 aliphatic rings. The SMILES string of the molecule is CC(O)C(NC(=O)C(N)Cc1cnc[nH]1)C(=O)NC(CC(=O)O)C(=O)NC(CO)C(=O)O. The van der Waals surface area contributed by atoms with Gasteiger partial charge in [0, 0.05) is 18.3 Å². The normalized spacial score (nSPS) is 15.5. The van der Waals surface area contributed by atoms with Crippen molar-refractivity contribution in [3.63, 3.8) is 0 Å². The number of hydrogen-bond donors (Lipinski definition) is 9. The second kappa shape index (κ2) is 12.3. The van der Waals surface area contributed by atoms with Crippen molar-refractivity contribution in [3.05, 3.63) is 18.2 Å². The van der Waals surface area contributed by atoms with Crippen molar-refractivity contribution in [2.45, 2.75) is 50.0 Å². The highest BCUT2D eigenvalue weighted by Crippen LogP contribution is 2.02. The average molecular weight is 458 g/mol. The summed E-state index contributed by atoms with van der Waals surface area (Å²) in [6.07, 6.45) is 0.469. The number of rotatable bonds is 13. The molecular weight excluding hydrogens is 432 g/mol. The van der Waals surface area contributed by atoms with Gasteiger partial charge in [-0.05, 0) is 6.92 Å². The van der Waals surface area contributed by atoms with Crippen LogP contribution >= 0.6 is 0 Å². The molecule has 0 bridgehead atoms. The molecule has 0 aliphatic heterocycles. The van der Waals surface area contributed by atoms with Crippen molar-refractivity contribution in [1.82, 2.24) is 25.9 Å². The van der Waals surface area contributed by atoms with Gasteiger partial charge in [-0.1, -0.05) is 0 Å². The van der Waals surface area contributed by atoms with E-state index in [-0.39, 0.29) is 6.42 Å². The van der Waals surface area contributed by atoms with E-state index in [9.17, 15) is 29.1 Å². The van der Waals surface area contributed by atoms with E-state index >= 15 is 0 Å². The number of aromatic nitrogens is 2. The van der Waals surface area contributed by atoms with Gasteiger partial charge in [-0.2, -0.15) is 0 Å². The Morgan fingerprint density at radius 2 is 1.69 bits per heavy atom. The molecule has 32 heavy (non-hydrogen) atoms. The molecule has 0 saturated heterocycles. The topological polar surface area (TPSA) is 257 Å². The van der Waals surface area contributed by atoms with Crippen molar-refractivity contribution in [3.8, 4) is 0 Å². The minimum absolute atomic E-state index is 0.0434. The van der Waals surface area contributed by atoms with Gasteiger partial charge < -0.3 is 47.1 Å². The van der Waals surface area contributed by atoms with Crippen LogP contribution in [0, 0.1) is 0 Å². The number of carbonyl (C=O) groups is 5. The van der Waals surface area contributed by atoms with Crippen LogP contribution in [0.15, 0.2) is 12.5 Å².